The average molecular weight is 260 g/mol. The smallest absolute Gasteiger partial charge is 0.307 e. The van der Waals surface area contributed by atoms with Crippen molar-refractivity contribution in [2.45, 2.75) is 64.6 Å². The molecule has 0 aliphatic rings. The Morgan fingerprint density at radius 1 is 1.00 bits per heavy atom. The zero-order valence-electron chi connectivity index (χ0n) is 12.4. The third kappa shape index (κ3) is 4.10. The van der Waals surface area contributed by atoms with Crippen molar-refractivity contribution in [1.29, 1.82) is 0 Å². The highest BCUT2D eigenvalue weighted by Crippen LogP contribution is 2.42. The summed E-state index contributed by atoms with van der Waals surface area (Å²) in [5.41, 5.74) is 1.67. The van der Waals surface area contributed by atoms with Gasteiger partial charge in [-0.15, -0.1) is 0 Å². The number of methoxy groups -OCH3 is 1. The van der Waals surface area contributed by atoms with Crippen LogP contribution in [0.15, 0.2) is 0 Å². The normalized spacial score (nSPS) is 12.6. The van der Waals surface area contributed by atoms with E-state index in [1.54, 1.807) is 0 Å². The lowest BCUT2D eigenvalue weighted by Gasteiger charge is -2.42. The van der Waals surface area contributed by atoms with Crippen molar-refractivity contribution in [3.63, 3.8) is 0 Å². The van der Waals surface area contributed by atoms with Gasteiger partial charge in [0, 0.05) is 6.61 Å². The molecule has 3 nitrogen and oxygen atoms in total. The monoisotopic (exact) mass is 260 g/mol. The minimum Gasteiger partial charge on any atom is -0.469 e. The highest BCUT2D eigenvalue weighted by atomic mass is 28.4. The van der Waals surface area contributed by atoms with Gasteiger partial charge in [0.25, 0.3) is 0 Å². The van der Waals surface area contributed by atoms with E-state index in [1.165, 1.54) is 7.11 Å². The first kappa shape index (κ1) is 16.6. The molecular formula is C13H28O3Si. The van der Waals surface area contributed by atoms with Gasteiger partial charge in [-0.05, 0) is 16.6 Å². The molecule has 0 heterocycles. The molecule has 0 aromatic heterocycles. The third-order valence-corrected chi connectivity index (χ3v) is 9.71. The minimum atomic E-state index is -1.81. The summed E-state index contributed by atoms with van der Waals surface area (Å²) in [5.74, 6) is -0.191. The molecule has 0 aliphatic carbocycles. The van der Waals surface area contributed by atoms with E-state index in [9.17, 15) is 4.79 Å². The molecule has 0 saturated heterocycles. The fourth-order valence-electron chi connectivity index (χ4n) is 2.91. The zero-order valence-corrected chi connectivity index (χ0v) is 13.4. The molecule has 0 bridgehead atoms. The van der Waals surface area contributed by atoms with Gasteiger partial charge in [0.15, 0.2) is 8.32 Å². The maximum atomic E-state index is 11.1. The highest BCUT2D eigenvalue weighted by molar-refractivity contribution is 6.77. The second kappa shape index (κ2) is 7.16. The Morgan fingerprint density at radius 2 is 1.41 bits per heavy atom. The van der Waals surface area contributed by atoms with Crippen LogP contribution in [-0.4, -0.2) is 28.0 Å². The SMILES string of the molecule is COC(=O)CCO[Si](C(C)C)(C(C)C)C(C)C. The number of carbonyl (C=O) groups excluding carboxylic acids is 1. The molecule has 17 heavy (non-hydrogen) atoms. The van der Waals surface area contributed by atoms with Crippen LogP contribution < -0.4 is 0 Å². The number of esters is 1. The first-order chi connectivity index (χ1) is 7.78. The fourth-order valence-corrected chi connectivity index (χ4v) is 8.37. The first-order valence-corrected chi connectivity index (χ1v) is 8.63. The van der Waals surface area contributed by atoms with E-state index >= 15 is 0 Å². The van der Waals surface area contributed by atoms with Crippen LogP contribution in [0.25, 0.3) is 0 Å². The van der Waals surface area contributed by atoms with Crippen LogP contribution in [0, 0.1) is 0 Å². The fraction of sp³-hybridized carbons (Fsp3) is 0.923. The Bertz CT molecular complexity index is 215. The van der Waals surface area contributed by atoms with Crippen molar-refractivity contribution >= 4 is 14.3 Å². The second-order valence-electron chi connectivity index (χ2n) is 5.49. The summed E-state index contributed by atoms with van der Waals surface area (Å²) in [7, 11) is -0.398. The minimum absolute atomic E-state index is 0.191. The standard InChI is InChI=1S/C13H28O3Si/c1-10(2)17(11(3)4,12(5)6)16-9-8-13(14)15-7/h10-12H,8-9H2,1-7H3. The van der Waals surface area contributed by atoms with Crippen LogP contribution in [0.4, 0.5) is 0 Å². The topological polar surface area (TPSA) is 35.5 Å². The lowest BCUT2D eigenvalue weighted by Crippen LogP contribution is -2.48. The van der Waals surface area contributed by atoms with Crippen molar-refractivity contribution in [1.82, 2.24) is 0 Å². The van der Waals surface area contributed by atoms with Crippen molar-refractivity contribution < 1.29 is 14.0 Å². The van der Waals surface area contributed by atoms with E-state index in [0.29, 0.717) is 29.7 Å². The Labute approximate surface area is 107 Å². The van der Waals surface area contributed by atoms with Crippen LogP contribution >= 0.6 is 0 Å². The quantitative estimate of drug-likeness (QED) is 0.517. The van der Waals surface area contributed by atoms with E-state index in [2.05, 4.69) is 46.3 Å². The summed E-state index contributed by atoms with van der Waals surface area (Å²) < 4.78 is 10.9. The van der Waals surface area contributed by atoms with E-state index in [-0.39, 0.29) is 5.97 Å². The van der Waals surface area contributed by atoms with Crippen molar-refractivity contribution in [3.8, 4) is 0 Å². The maximum absolute atomic E-state index is 11.1. The number of carbonyl (C=O) groups is 1. The predicted octanol–water partition coefficient (Wildman–Crippen LogP) is 3.74. The summed E-state index contributed by atoms with van der Waals surface area (Å²) >= 11 is 0. The lowest BCUT2D eigenvalue weighted by atomic mass is 10.5. The first-order valence-electron chi connectivity index (χ1n) is 6.49. The van der Waals surface area contributed by atoms with E-state index in [0.717, 1.165) is 0 Å². The van der Waals surface area contributed by atoms with E-state index < -0.39 is 8.32 Å². The molecule has 0 unspecified atom stereocenters. The van der Waals surface area contributed by atoms with Crippen LogP contribution in [0.3, 0.4) is 0 Å². The lowest BCUT2D eigenvalue weighted by molar-refractivity contribution is -0.141. The predicted molar refractivity (Wildman–Crippen MR) is 73.6 cm³/mol. The molecule has 0 rings (SSSR count). The third-order valence-electron chi connectivity index (χ3n) is 3.59. The van der Waals surface area contributed by atoms with E-state index in [1.807, 2.05) is 0 Å². The second-order valence-corrected chi connectivity index (χ2v) is 11.0. The molecule has 102 valence electrons. The zero-order chi connectivity index (χ0) is 13.6. The molecule has 0 saturated carbocycles. The maximum Gasteiger partial charge on any atom is 0.307 e. The van der Waals surface area contributed by atoms with Gasteiger partial charge in [-0.2, -0.15) is 0 Å². The average Bonchev–Trinajstić information content (AvgIpc) is 2.22. The molecular weight excluding hydrogens is 232 g/mol. The Kier molecular flexibility index (Phi) is 7.01. The van der Waals surface area contributed by atoms with Crippen molar-refractivity contribution in [3.05, 3.63) is 0 Å². The van der Waals surface area contributed by atoms with Crippen molar-refractivity contribution in [2.24, 2.45) is 0 Å². The molecule has 4 heteroatoms. The Hall–Kier alpha value is -0.353. The largest absolute Gasteiger partial charge is 0.469 e. The molecule has 0 amide bonds. The summed E-state index contributed by atoms with van der Waals surface area (Å²) in [6, 6.07) is 0. The Morgan fingerprint density at radius 3 is 1.71 bits per heavy atom. The van der Waals surface area contributed by atoms with Gasteiger partial charge in [0.2, 0.25) is 0 Å². The van der Waals surface area contributed by atoms with Crippen LogP contribution in [0.5, 0.6) is 0 Å². The van der Waals surface area contributed by atoms with Crippen molar-refractivity contribution in [2.75, 3.05) is 13.7 Å². The number of ether oxygens (including phenoxy) is 1. The summed E-state index contributed by atoms with van der Waals surface area (Å²) in [5, 5.41) is 0. The van der Waals surface area contributed by atoms with Gasteiger partial charge in [0.1, 0.15) is 0 Å². The Balaban J connectivity index is 4.65. The van der Waals surface area contributed by atoms with Crippen LogP contribution in [0.2, 0.25) is 16.6 Å². The molecule has 0 aliphatic heterocycles. The van der Waals surface area contributed by atoms with E-state index in [4.69, 9.17) is 4.43 Å². The van der Waals surface area contributed by atoms with Gasteiger partial charge in [-0.1, -0.05) is 41.5 Å². The number of rotatable bonds is 7. The highest BCUT2D eigenvalue weighted by Gasteiger charge is 2.44. The molecule has 0 N–H and O–H groups in total. The summed E-state index contributed by atoms with van der Waals surface area (Å²) in [4.78, 5) is 11.1. The molecule has 0 fully saturated rings. The van der Waals surface area contributed by atoms with Gasteiger partial charge >= 0.3 is 5.97 Å². The molecule has 0 aromatic rings. The van der Waals surface area contributed by atoms with Crippen LogP contribution in [0.1, 0.15) is 48.0 Å². The molecule has 0 aromatic carbocycles. The van der Waals surface area contributed by atoms with Gasteiger partial charge in [-0.3, -0.25) is 4.79 Å². The molecule has 0 spiro atoms. The number of hydrogen-bond acceptors (Lipinski definition) is 3. The van der Waals surface area contributed by atoms with Gasteiger partial charge < -0.3 is 9.16 Å². The molecule has 0 radical (unpaired) electrons. The van der Waals surface area contributed by atoms with Gasteiger partial charge in [-0.25, -0.2) is 0 Å². The summed E-state index contributed by atoms with van der Waals surface area (Å²) in [6.45, 7) is 13.9. The van der Waals surface area contributed by atoms with Crippen LogP contribution in [-0.2, 0) is 14.0 Å². The number of hydrogen-bond donors (Lipinski definition) is 0. The summed E-state index contributed by atoms with van der Waals surface area (Å²) in [6.07, 6.45) is 0.359. The molecule has 0 atom stereocenters. The van der Waals surface area contributed by atoms with Gasteiger partial charge in [0.05, 0.1) is 13.5 Å².